The Hall–Kier alpha value is -2.71. The first-order valence-corrected chi connectivity index (χ1v) is 10.5. The highest BCUT2D eigenvalue weighted by molar-refractivity contribution is 7.71. The highest BCUT2D eigenvalue weighted by atomic mass is 35.5. The first kappa shape index (κ1) is 21.5. The third-order valence-corrected chi connectivity index (χ3v) is 5.51. The normalized spacial score (nSPS) is 10.9. The number of carbonyl (C=O) groups is 1. The molecule has 0 spiro atoms. The van der Waals surface area contributed by atoms with E-state index in [0.29, 0.717) is 33.1 Å². The van der Waals surface area contributed by atoms with Crippen molar-refractivity contribution in [2.75, 3.05) is 0 Å². The van der Waals surface area contributed by atoms with Crippen molar-refractivity contribution in [2.24, 2.45) is 0 Å². The molecule has 0 saturated carbocycles. The summed E-state index contributed by atoms with van der Waals surface area (Å²) < 4.78 is 1.28. The molecule has 0 radical (unpaired) electrons. The lowest BCUT2D eigenvalue weighted by atomic mass is 10.1. The minimum Gasteiger partial charge on any atom is -0.348 e. The van der Waals surface area contributed by atoms with E-state index in [1.807, 2.05) is 12.1 Å². The average Bonchev–Trinajstić information content (AvgIpc) is 2.73. The van der Waals surface area contributed by atoms with E-state index < -0.39 is 5.56 Å². The molecule has 2 aromatic carbocycles. The van der Waals surface area contributed by atoms with Crippen LogP contribution in [0.25, 0.3) is 16.7 Å². The molecule has 1 amide bonds. The monoisotopic (exact) mass is 490 g/mol. The summed E-state index contributed by atoms with van der Waals surface area (Å²) in [4.78, 5) is 32.7. The van der Waals surface area contributed by atoms with Crippen LogP contribution in [-0.4, -0.2) is 20.4 Å². The molecule has 10 heteroatoms. The van der Waals surface area contributed by atoms with Gasteiger partial charge in [-0.05, 0) is 54.2 Å². The Balaban J connectivity index is 1.68. The fourth-order valence-corrected chi connectivity index (χ4v) is 4.01. The van der Waals surface area contributed by atoms with Crippen LogP contribution in [0.1, 0.15) is 15.9 Å². The van der Waals surface area contributed by atoms with Gasteiger partial charge in [0.05, 0.1) is 20.9 Å². The molecular formula is C21H13Cl3N4O2S. The van der Waals surface area contributed by atoms with Gasteiger partial charge in [0.15, 0.2) is 10.6 Å². The van der Waals surface area contributed by atoms with Gasteiger partial charge in [-0.2, -0.15) is 0 Å². The fourth-order valence-electron chi connectivity index (χ4n) is 3.05. The van der Waals surface area contributed by atoms with Gasteiger partial charge in [0.2, 0.25) is 0 Å². The molecular weight excluding hydrogens is 479 g/mol. The van der Waals surface area contributed by atoms with Crippen molar-refractivity contribution in [1.82, 2.24) is 19.9 Å². The van der Waals surface area contributed by atoms with E-state index in [9.17, 15) is 9.59 Å². The summed E-state index contributed by atoms with van der Waals surface area (Å²) in [5.74, 6) is -0.129. The second kappa shape index (κ2) is 8.80. The van der Waals surface area contributed by atoms with Gasteiger partial charge in [-0.3, -0.25) is 9.59 Å². The number of pyridine rings is 1. The van der Waals surface area contributed by atoms with Crippen LogP contribution in [0.3, 0.4) is 0 Å². The smallest absolute Gasteiger partial charge is 0.268 e. The zero-order valence-corrected chi connectivity index (χ0v) is 18.7. The lowest BCUT2D eigenvalue weighted by molar-refractivity contribution is 0.0951. The molecule has 0 saturated heterocycles. The van der Waals surface area contributed by atoms with Gasteiger partial charge in [0.1, 0.15) is 0 Å². The summed E-state index contributed by atoms with van der Waals surface area (Å²) in [5, 5.41) is 4.27. The van der Waals surface area contributed by atoms with Gasteiger partial charge in [-0.25, -0.2) is 9.55 Å². The molecule has 2 aromatic heterocycles. The summed E-state index contributed by atoms with van der Waals surface area (Å²) in [7, 11) is 0. The first-order valence-electron chi connectivity index (χ1n) is 8.96. The van der Waals surface area contributed by atoms with E-state index in [4.69, 9.17) is 47.0 Å². The zero-order chi connectivity index (χ0) is 22.1. The predicted molar refractivity (Wildman–Crippen MR) is 125 cm³/mol. The van der Waals surface area contributed by atoms with Crippen LogP contribution in [0.15, 0.2) is 59.5 Å². The summed E-state index contributed by atoms with van der Waals surface area (Å²) in [6.45, 7) is 0.315. The number of fused-ring (bicyclic) bond motifs is 1. The second-order valence-corrected chi connectivity index (χ2v) is 8.27. The molecule has 0 aliphatic heterocycles. The summed E-state index contributed by atoms with van der Waals surface area (Å²) in [6.07, 6.45) is 1.38. The SMILES string of the molecule is O=C(NCc1cccc(Cl)c1)c1ccc2c(=O)n(-c3ncc(Cl)cc3Cl)c(=S)[nH]c2c1. The number of aromatic amines is 1. The standard InChI is InChI=1S/C21H13Cl3N4O2S/c22-13-3-1-2-11(6-13)9-26-19(29)12-4-5-15-17(7-12)27-21(31)28(20(15)30)18-16(24)8-14(23)10-25-18/h1-8,10H,9H2,(H,26,29)(H,27,31). The average molecular weight is 492 g/mol. The zero-order valence-electron chi connectivity index (χ0n) is 15.7. The molecule has 2 N–H and O–H groups in total. The Kier molecular flexibility index (Phi) is 6.11. The number of hydrogen-bond donors (Lipinski definition) is 2. The van der Waals surface area contributed by atoms with Crippen LogP contribution >= 0.6 is 47.0 Å². The maximum absolute atomic E-state index is 13.0. The number of amides is 1. The Morgan fingerprint density at radius 3 is 2.65 bits per heavy atom. The van der Waals surface area contributed by atoms with Gasteiger partial charge >= 0.3 is 0 Å². The Morgan fingerprint density at radius 1 is 1.10 bits per heavy atom. The number of nitrogens with one attached hydrogen (secondary N) is 2. The van der Waals surface area contributed by atoms with E-state index >= 15 is 0 Å². The third kappa shape index (κ3) is 4.50. The number of carbonyl (C=O) groups excluding carboxylic acids is 1. The van der Waals surface area contributed by atoms with Gasteiger partial charge in [-0.1, -0.05) is 46.9 Å². The molecule has 0 unspecified atom stereocenters. The summed E-state index contributed by atoms with van der Waals surface area (Å²) in [5.41, 5.74) is 1.25. The molecule has 6 nitrogen and oxygen atoms in total. The molecule has 4 rings (SSSR count). The van der Waals surface area contributed by atoms with Gasteiger partial charge in [0.25, 0.3) is 11.5 Å². The van der Waals surface area contributed by atoms with Crippen LogP contribution in [0, 0.1) is 4.77 Å². The molecule has 0 bridgehead atoms. The van der Waals surface area contributed by atoms with Crippen molar-refractivity contribution in [1.29, 1.82) is 0 Å². The minimum absolute atomic E-state index is 0.0886. The number of hydrogen-bond acceptors (Lipinski definition) is 4. The molecule has 156 valence electrons. The largest absolute Gasteiger partial charge is 0.348 e. The van der Waals surface area contributed by atoms with E-state index in [-0.39, 0.29) is 21.5 Å². The highest BCUT2D eigenvalue weighted by Gasteiger charge is 2.14. The number of H-pyrrole nitrogens is 1. The van der Waals surface area contributed by atoms with Crippen LogP contribution in [-0.2, 0) is 6.54 Å². The van der Waals surface area contributed by atoms with Crippen molar-refractivity contribution >= 4 is 63.8 Å². The maximum atomic E-state index is 13.0. The molecule has 0 atom stereocenters. The number of nitrogens with zero attached hydrogens (tertiary/aromatic N) is 2. The lowest BCUT2D eigenvalue weighted by Gasteiger charge is -2.10. The van der Waals surface area contributed by atoms with E-state index in [1.54, 1.807) is 30.3 Å². The van der Waals surface area contributed by atoms with E-state index in [2.05, 4.69) is 15.3 Å². The molecule has 4 aromatic rings. The summed E-state index contributed by atoms with van der Waals surface area (Å²) in [6, 6.07) is 13.4. The topological polar surface area (TPSA) is 79.8 Å². The van der Waals surface area contributed by atoms with E-state index in [1.165, 1.54) is 16.8 Å². The van der Waals surface area contributed by atoms with Crippen LogP contribution in [0.2, 0.25) is 15.1 Å². The Bertz CT molecular complexity index is 1450. The van der Waals surface area contributed by atoms with Crippen molar-refractivity contribution in [3.63, 3.8) is 0 Å². The molecule has 31 heavy (non-hydrogen) atoms. The maximum Gasteiger partial charge on any atom is 0.268 e. The number of aromatic nitrogens is 3. The van der Waals surface area contributed by atoms with Crippen LogP contribution in [0.5, 0.6) is 0 Å². The van der Waals surface area contributed by atoms with Crippen molar-refractivity contribution < 1.29 is 4.79 Å². The first-order chi connectivity index (χ1) is 14.8. The molecule has 0 fully saturated rings. The van der Waals surface area contributed by atoms with Crippen molar-refractivity contribution in [2.45, 2.75) is 6.54 Å². The highest BCUT2D eigenvalue weighted by Crippen LogP contribution is 2.22. The molecule has 0 aliphatic carbocycles. The Morgan fingerprint density at radius 2 is 1.90 bits per heavy atom. The molecule has 2 heterocycles. The van der Waals surface area contributed by atoms with Crippen LogP contribution < -0.4 is 10.9 Å². The van der Waals surface area contributed by atoms with Crippen LogP contribution in [0.4, 0.5) is 0 Å². The van der Waals surface area contributed by atoms with E-state index in [0.717, 1.165) is 5.56 Å². The Labute approximate surface area is 196 Å². The molecule has 0 aliphatic rings. The van der Waals surface area contributed by atoms with Gasteiger partial charge in [-0.15, -0.1) is 0 Å². The predicted octanol–water partition coefficient (Wildman–Crippen LogP) is 5.33. The van der Waals surface area contributed by atoms with Gasteiger partial charge < -0.3 is 10.3 Å². The minimum atomic E-state index is -0.415. The fraction of sp³-hybridized carbons (Fsp3) is 0.0476. The number of halogens is 3. The number of rotatable bonds is 4. The van der Waals surface area contributed by atoms with Gasteiger partial charge in [0, 0.05) is 23.3 Å². The van der Waals surface area contributed by atoms with Crippen molar-refractivity contribution in [3.05, 3.63) is 96.0 Å². The summed E-state index contributed by atoms with van der Waals surface area (Å²) >= 11 is 23.4. The third-order valence-electron chi connectivity index (χ3n) is 4.50. The number of benzene rings is 2. The second-order valence-electron chi connectivity index (χ2n) is 6.60. The quantitative estimate of drug-likeness (QED) is 0.378. The van der Waals surface area contributed by atoms with Crippen molar-refractivity contribution in [3.8, 4) is 5.82 Å². The lowest BCUT2D eigenvalue weighted by Crippen LogP contribution is -2.24.